The van der Waals surface area contributed by atoms with Crippen molar-refractivity contribution in [2.75, 3.05) is 40.1 Å². The van der Waals surface area contributed by atoms with Crippen LogP contribution in [-0.4, -0.2) is 63.7 Å². The van der Waals surface area contributed by atoms with Gasteiger partial charge in [0.25, 0.3) is 0 Å². The van der Waals surface area contributed by atoms with Crippen LogP contribution < -0.4 is 9.47 Å². The second-order valence-corrected chi connectivity index (χ2v) is 10.2. The number of carbonyl (C=O) groups excluding carboxylic acids is 1. The van der Waals surface area contributed by atoms with Crippen molar-refractivity contribution in [3.63, 3.8) is 0 Å². The lowest BCUT2D eigenvalue weighted by Crippen LogP contribution is -2.48. The van der Waals surface area contributed by atoms with Crippen molar-refractivity contribution in [1.29, 1.82) is 0 Å². The Balaban J connectivity index is 0.00000256. The number of sulfonamides is 1. The van der Waals surface area contributed by atoms with E-state index in [1.54, 1.807) is 0 Å². The number of thiophene rings is 1. The summed E-state index contributed by atoms with van der Waals surface area (Å²) < 4.78 is 43.1. The van der Waals surface area contributed by atoms with E-state index in [1.165, 1.54) is 17.5 Å². The summed E-state index contributed by atoms with van der Waals surface area (Å²) in [4.78, 5) is 14.0. The van der Waals surface area contributed by atoms with E-state index < -0.39 is 16.0 Å². The molecule has 8 nitrogen and oxygen atoms in total. The molecule has 2 aliphatic heterocycles. The first-order valence-electron chi connectivity index (χ1n) is 8.87. The first-order chi connectivity index (χ1) is 13.9. The number of fused-ring (bicyclic) bond motifs is 1. The van der Waals surface area contributed by atoms with Crippen LogP contribution in [0.15, 0.2) is 29.2 Å². The molecule has 30 heavy (non-hydrogen) atoms. The highest BCUT2D eigenvalue weighted by Crippen LogP contribution is 2.34. The van der Waals surface area contributed by atoms with Crippen molar-refractivity contribution in [3.05, 3.63) is 39.0 Å². The molecule has 1 aromatic heterocycles. The first kappa shape index (κ1) is 23.1. The summed E-state index contributed by atoms with van der Waals surface area (Å²) >= 11 is 6.87. The molecule has 0 unspecified atom stereocenters. The van der Waals surface area contributed by atoms with Gasteiger partial charge in [-0.15, -0.1) is 23.7 Å². The molecule has 0 radical (unpaired) electrons. The molecule has 1 aromatic carbocycles. The number of piperazine rings is 1. The van der Waals surface area contributed by atoms with Crippen molar-refractivity contribution in [2.45, 2.75) is 11.4 Å². The van der Waals surface area contributed by atoms with Crippen LogP contribution in [0.2, 0.25) is 4.34 Å². The second kappa shape index (κ2) is 9.29. The number of hydrogen-bond acceptors (Lipinski definition) is 8. The zero-order chi connectivity index (χ0) is 20.6. The van der Waals surface area contributed by atoms with Crippen LogP contribution in [0.4, 0.5) is 0 Å². The summed E-state index contributed by atoms with van der Waals surface area (Å²) in [7, 11) is -2.63. The molecule has 0 saturated carbocycles. The number of halogens is 2. The zero-order valence-electron chi connectivity index (χ0n) is 16.0. The highest BCUT2D eigenvalue weighted by molar-refractivity contribution is 7.89. The van der Waals surface area contributed by atoms with E-state index in [2.05, 4.69) is 4.90 Å². The van der Waals surface area contributed by atoms with Crippen molar-refractivity contribution in [2.24, 2.45) is 0 Å². The van der Waals surface area contributed by atoms with Crippen LogP contribution in [0.25, 0.3) is 0 Å². The highest BCUT2D eigenvalue weighted by Gasteiger charge is 2.34. The summed E-state index contributed by atoms with van der Waals surface area (Å²) in [5.41, 5.74) is 1.07. The molecule has 0 atom stereocenters. The standard InChI is InChI=1S/C18H19ClN2O6S2.ClH/c1-25-18(22)17-15(9-16(19)28-17)29(23,24)21-6-4-20(5-7-21)10-12-2-3-13-14(8-12)27-11-26-13;/h2-3,8-9H,4-7,10-11H2,1H3;1H. The number of carbonyl (C=O) groups is 1. The number of methoxy groups -OCH3 is 1. The van der Waals surface area contributed by atoms with Crippen LogP contribution in [0, 0.1) is 0 Å². The van der Waals surface area contributed by atoms with E-state index >= 15 is 0 Å². The highest BCUT2D eigenvalue weighted by atomic mass is 35.5. The van der Waals surface area contributed by atoms with Gasteiger partial charge in [-0.25, -0.2) is 13.2 Å². The third kappa shape index (κ3) is 4.53. The topological polar surface area (TPSA) is 85.4 Å². The number of esters is 1. The fourth-order valence-electron chi connectivity index (χ4n) is 3.34. The Bertz CT molecular complexity index is 1040. The van der Waals surface area contributed by atoms with Gasteiger partial charge in [0.05, 0.1) is 11.4 Å². The van der Waals surface area contributed by atoms with E-state index in [0.29, 0.717) is 32.7 Å². The van der Waals surface area contributed by atoms with Gasteiger partial charge < -0.3 is 14.2 Å². The summed E-state index contributed by atoms with van der Waals surface area (Å²) in [5.74, 6) is 0.760. The fraction of sp³-hybridized carbons (Fsp3) is 0.389. The van der Waals surface area contributed by atoms with Gasteiger partial charge in [-0.1, -0.05) is 17.7 Å². The van der Waals surface area contributed by atoms with Crippen LogP contribution >= 0.6 is 35.3 Å². The van der Waals surface area contributed by atoms with Gasteiger partial charge >= 0.3 is 5.97 Å². The molecular weight excluding hydrogens is 475 g/mol. The second-order valence-electron chi connectivity index (χ2n) is 6.60. The minimum absolute atomic E-state index is 0. The van der Waals surface area contributed by atoms with E-state index in [9.17, 15) is 13.2 Å². The van der Waals surface area contributed by atoms with Crippen molar-refractivity contribution in [3.8, 4) is 11.5 Å². The van der Waals surface area contributed by atoms with Crippen LogP contribution in [0.1, 0.15) is 15.2 Å². The summed E-state index contributed by atoms with van der Waals surface area (Å²) in [6.07, 6.45) is 0. The Morgan fingerprint density at radius 1 is 1.17 bits per heavy atom. The maximum atomic E-state index is 13.1. The number of rotatable bonds is 5. The number of hydrogen-bond donors (Lipinski definition) is 0. The number of benzene rings is 1. The maximum absolute atomic E-state index is 13.1. The smallest absolute Gasteiger partial charge is 0.349 e. The molecule has 1 saturated heterocycles. The molecule has 0 spiro atoms. The monoisotopic (exact) mass is 494 g/mol. The molecule has 1 fully saturated rings. The SMILES string of the molecule is COC(=O)c1sc(Cl)cc1S(=O)(=O)N1CCN(Cc2ccc3c(c2)OCO3)CC1.Cl. The lowest BCUT2D eigenvalue weighted by Gasteiger charge is -2.34. The molecule has 2 aromatic rings. The molecule has 12 heteroatoms. The predicted octanol–water partition coefficient (Wildman–Crippen LogP) is 2.85. The van der Waals surface area contributed by atoms with E-state index in [-0.39, 0.29) is 33.3 Å². The number of nitrogens with zero attached hydrogens (tertiary/aromatic N) is 2. The molecule has 0 aliphatic carbocycles. The molecular formula is C18H20Cl2N2O6S2. The van der Waals surface area contributed by atoms with Gasteiger partial charge in [0, 0.05) is 32.7 Å². The lowest BCUT2D eigenvalue weighted by molar-refractivity contribution is 0.0602. The van der Waals surface area contributed by atoms with Crippen LogP contribution in [0.3, 0.4) is 0 Å². The Morgan fingerprint density at radius 3 is 2.57 bits per heavy atom. The quantitative estimate of drug-likeness (QED) is 0.590. The Kier molecular flexibility index (Phi) is 7.16. The molecule has 2 aliphatic rings. The zero-order valence-corrected chi connectivity index (χ0v) is 19.2. The summed E-state index contributed by atoms with van der Waals surface area (Å²) in [6, 6.07) is 7.12. The van der Waals surface area contributed by atoms with Gasteiger partial charge in [0.1, 0.15) is 9.77 Å². The maximum Gasteiger partial charge on any atom is 0.349 e. The first-order valence-corrected chi connectivity index (χ1v) is 11.5. The van der Waals surface area contributed by atoms with E-state index in [0.717, 1.165) is 28.4 Å². The minimum Gasteiger partial charge on any atom is -0.465 e. The van der Waals surface area contributed by atoms with Crippen LogP contribution in [0.5, 0.6) is 11.5 Å². The van der Waals surface area contributed by atoms with Crippen molar-refractivity contribution in [1.82, 2.24) is 9.21 Å². The third-order valence-electron chi connectivity index (χ3n) is 4.83. The molecule has 3 heterocycles. The average molecular weight is 495 g/mol. The fourth-order valence-corrected chi connectivity index (χ4v) is 6.46. The number of ether oxygens (including phenoxy) is 3. The average Bonchev–Trinajstić information content (AvgIpc) is 3.34. The van der Waals surface area contributed by atoms with Gasteiger partial charge in [0.2, 0.25) is 16.8 Å². The predicted molar refractivity (Wildman–Crippen MR) is 115 cm³/mol. The molecule has 0 bridgehead atoms. The van der Waals surface area contributed by atoms with Crippen molar-refractivity contribution >= 4 is 51.3 Å². The van der Waals surface area contributed by atoms with Gasteiger partial charge in [0.15, 0.2) is 11.5 Å². The largest absolute Gasteiger partial charge is 0.465 e. The lowest BCUT2D eigenvalue weighted by atomic mass is 10.2. The minimum atomic E-state index is -3.84. The normalized spacial score (nSPS) is 16.9. The van der Waals surface area contributed by atoms with E-state index in [1.807, 2.05) is 18.2 Å². The Hall–Kier alpha value is -1.56. The van der Waals surface area contributed by atoms with Gasteiger partial charge in [-0.05, 0) is 23.8 Å². The Labute approximate surface area is 189 Å². The van der Waals surface area contributed by atoms with Crippen LogP contribution in [-0.2, 0) is 21.3 Å². The molecule has 164 valence electrons. The third-order valence-corrected chi connectivity index (χ3v) is 8.13. The summed E-state index contributed by atoms with van der Waals surface area (Å²) in [5, 5.41) is 0. The summed E-state index contributed by atoms with van der Waals surface area (Å²) in [6.45, 7) is 2.69. The molecule has 4 rings (SSSR count). The van der Waals surface area contributed by atoms with Gasteiger partial charge in [-0.3, -0.25) is 4.90 Å². The molecule has 0 N–H and O–H groups in total. The van der Waals surface area contributed by atoms with E-state index in [4.69, 9.17) is 25.8 Å². The van der Waals surface area contributed by atoms with Crippen molar-refractivity contribution < 1.29 is 27.4 Å². The Morgan fingerprint density at radius 2 is 1.87 bits per heavy atom. The van der Waals surface area contributed by atoms with Gasteiger partial charge in [-0.2, -0.15) is 4.31 Å². The molecule has 0 amide bonds.